The maximum atomic E-state index is 12.6. The summed E-state index contributed by atoms with van der Waals surface area (Å²) in [6, 6.07) is 24.3. The van der Waals surface area contributed by atoms with Crippen molar-refractivity contribution in [3.05, 3.63) is 103 Å². The molecule has 0 saturated carbocycles. The number of para-hydroxylation sites is 2. The fourth-order valence-electron chi connectivity index (χ4n) is 2.51. The van der Waals surface area contributed by atoms with E-state index in [4.69, 9.17) is 9.47 Å². The summed E-state index contributed by atoms with van der Waals surface area (Å²) in [6.45, 7) is 4.46. The maximum absolute atomic E-state index is 12.6. The summed E-state index contributed by atoms with van der Waals surface area (Å²) < 4.78 is 11.4. The molecule has 0 bridgehead atoms. The average Bonchev–Trinajstić information content (AvgIpc) is 2.72. The zero-order valence-electron chi connectivity index (χ0n) is 14.9. The van der Waals surface area contributed by atoms with Crippen molar-refractivity contribution in [3.8, 4) is 11.5 Å². The first-order valence-corrected chi connectivity index (χ1v) is 8.67. The second-order valence-corrected chi connectivity index (χ2v) is 5.85. The molecular weight excluding hydrogens is 338 g/mol. The normalized spacial score (nSPS) is 10.1. The Bertz CT molecular complexity index is 906. The lowest BCUT2D eigenvalue weighted by Gasteiger charge is -2.12. The van der Waals surface area contributed by atoms with Crippen LogP contribution in [-0.4, -0.2) is 12.5 Å². The van der Waals surface area contributed by atoms with Gasteiger partial charge in [-0.3, -0.25) is 4.79 Å². The molecule has 0 fully saturated rings. The Balaban J connectivity index is 1.68. The van der Waals surface area contributed by atoms with Gasteiger partial charge in [0.05, 0.1) is 5.69 Å². The standard InChI is InChI=1S/C23H21NO3/c1-2-15-26-22-14-7-6-13-21(22)24-23(25)19-11-8-12-20(16-19)27-17-18-9-4-3-5-10-18/h2-14,16H,1,15,17H2,(H,24,25). The van der Waals surface area contributed by atoms with E-state index in [1.807, 2.05) is 48.5 Å². The van der Waals surface area contributed by atoms with Crippen LogP contribution >= 0.6 is 0 Å². The Morgan fingerprint density at radius 3 is 2.52 bits per heavy atom. The van der Waals surface area contributed by atoms with E-state index in [0.29, 0.717) is 36.0 Å². The minimum atomic E-state index is -0.227. The summed E-state index contributed by atoms with van der Waals surface area (Å²) in [4.78, 5) is 12.6. The van der Waals surface area contributed by atoms with Crippen LogP contribution in [0.3, 0.4) is 0 Å². The molecule has 4 heteroatoms. The van der Waals surface area contributed by atoms with Gasteiger partial charge in [-0.2, -0.15) is 0 Å². The van der Waals surface area contributed by atoms with Crippen molar-refractivity contribution in [2.45, 2.75) is 6.61 Å². The highest BCUT2D eigenvalue weighted by Crippen LogP contribution is 2.25. The first kappa shape index (κ1) is 18.3. The molecule has 0 atom stereocenters. The molecule has 1 amide bonds. The lowest BCUT2D eigenvalue weighted by atomic mass is 10.2. The molecule has 3 aromatic carbocycles. The minimum Gasteiger partial charge on any atom is -0.489 e. The molecule has 0 heterocycles. The maximum Gasteiger partial charge on any atom is 0.255 e. The first-order chi connectivity index (χ1) is 13.3. The van der Waals surface area contributed by atoms with Crippen molar-refractivity contribution in [1.29, 1.82) is 0 Å². The summed E-state index contributed by atoms with van der Waals surface area (Å²) in [5.41, 5.74) is 2.19. The number of hydrogen-bond acceptors (Lipinski definition) is 3. The van der Waals surface area contributed by atoms with Crippen LogP contribution < -0.4 is 14.8 Å². The molecule has 136 valence electrons. The van der Waals surface area contributed by atoms with Crippen LogP contribution in [0.25, 0.3) is 0 Å². The molecule has 0 aliphatic carbocycles. The Hall–Kier alpha value is -3.53. The number of rotatable bonds is 8. The molecule has 0 unspecified atom stereocenters. The number of carbonyl (C=O) groups excluding carboxylic acids is 1. The fourth-order valence-corrected chi connectivity index (χ4v) is 2.51. The number of hydrogen-bond donors (Lipinski definition) is 1. The van der Waals surface area contributed by atoms with Gasteiger partial charge in [-0.05, 0) is 35.9 Å². The van der Waals surface area contributed by atoms with Crippen LogP contribution in [0.1, 0.15) is 15.9 Å². The lowest BCUT2D eigenvalue weighted by Crippen LogP contribution is -2.13. The van der Waals surface area contributed by atoms with Gasteiger partial charge < -0.3 is 14.8 Å². The van der Waals surface area contributed by atoms with Crippen molar-refractivity contribution in [3.63, 3.8) is 0 Å². The molecule has 3 aromatic rings. The predicted molar refractivity (Wildman–Crippen MR) is 107 cm³/mol. The molecule has 0 aliphatic rings. The van der Waals surface area contributed by atoms with Gasteiger partial charge in [0.15, 0.2) is 0 Å². The molecule has 0 aromatic heterocycles. The van der Waals surface area contributed by atoms with Crippen LogP contribution in [0.2, 0.25) is 0 Å². The zero-order valence-corrected chi connectivity index (χ0v) is 14.9. The van der Waals surface area contributed by atoms with E-state index in [1.54, 1.807) is 36.4 Å². The second-order valence-electron chi connectivity index (χ2n) is 5.85. The molecule has 0 spiro atoms. The minimum absolute atomic E-state index is 0.227. The third kappa shape index (κ3) is 5.22. The summed E-state index contributed by atoms with van der Waals surface area (Å²) in [6.07, 6.45) is 1.66. The molecule has 3 rings (SSSR count). The van der Waals surface area contributed by atoms with Gasteiger partial charge in [-0.1, -0.05) is 61.2 Å². The number of ether oxygens (including phenoxy) is 2. The van der Waals surface area contributed by atoms with E-state index in [2.05, 4.69) is 11.9 Å². The van der Waals surface area contributed by atoms with Gasteiger partial charge >= 0.3 is 0 Å². The summed E-state index contributed by atoms with van der Waals surface area (Å²) in [7, 11) is 0. The lowest BCUT2D eigenvalue weighted by molar-refractivity contribution is 0.102. The topological polar surface area (TPSA) is 47.6 Å². The van der Waals surface area contributed by atoms with Gasteiger partial charge in [-0.25, -0.2) is 0 Å². The quantitative estimate of drug-likeness (QED) is 0.570. The van der Waals surface area contributed by atoms with Crippen LogP contribution in [0.15, 0.2) is 91.5 Å². The highest BCUT2D eigenvalue weighted by atomic mass is 16.5. The SMILES string of the molecule is C=CCOc1ccccc1NC(=O)c1cccc(OCc2ccccc2)c1. The third-order valence-electron chi connectivity index (χ3n) is 3.84. The number of anilines is 1. The largest absolute Gasteiger partial charge is 0.489 e. The Kier molecular flexibility index (Phi) is 6.26. The van der Waals surface area contributed by atoms with Crippen LogP contribution in [0.5, 0.6) is 11.5 Å². The summed E-state index contributed by atoms with van der Waals surface area (Å²) >= 11 is 0. The second kappa shape index (κ2) is 9.25. The molecule has 0 radical (unpaired) electrons. The van der Waals surface area contributed by atoms with Gasteiger partial charge in [0.1, 0.15) is 24.7 Å². The van der Waals surface area contributed by atoms with Crippen molar-refractivity contribution < 1.29 is 14.3 Å². The van der Waals surface area contributed by atoms with Crippen LogP contribution in [-0.2, 0) is 6.61 Å². The predicted octanol–water partition coefficient (Wildman–Crippen LogP) is 5.08. The third-order valence-corrected chi connectivity index (χ3v) is 3.84. The molecular formula is C23H21NO3. The molecule has 27 heavy (non-hydrogen) atoms. The Morgan fingerprint density at radius 1 is 0.926 bits per heavy atom. The van der Waals surface area contributed by atoms with Gasteiger partial charge in [0.2, 0.25) is 0 Å². The monoisotopic (exact) mass is 359 g/mol. The summed E-state index contributed by atoms with van der Waals surface area (Å²) in [5, 5.41) is 2.88. The van der Waals surface area contributed by atoms with Gasteiger partial charge in [0, 0.05) is 5.56 Å². The number of nitrogens with one attached hydrogen (secondary N) is 1. The molecule has 4 nitrogen and oxygen atoms in total. The summed E-state index contributed by atoms with van der Waals surface area (Å²) in [5.74, 6) is 1.01. The highest BCUT2D eigenvalue weighted by molar-refractivity contribution is 6.05. The fraction of sp³-hybridized carbons (Fsp3) is 0.0870. The van der Waals surface area contributed by atoms with Crippen molar-refractivity contribution >= 4 is 11.6 Å². The van der Waals surface area contributed by atoms with E-state index in [1.165, 1.54) is 0 Å². The smallest absolute Gasteiger partial charge is 0.255 e. The highest BCUT2D eigenvalue weighted by Gasteiger charge is 2.10. The van der Waals surface area contributed by atoms with E-state index >= 15 is 0 Å². The number of benzene rings is 3. The van der Waals surface area contributed by atoms with Crippen molar-refractivity contribution in [2.24, 2.45) is 0 Å². The van der Waals surface area contributed by atoms with Gasteiger partial charge in [-0.15, -0.1) is 0 Å². The number of amides is 1. The van der Waals surface area contributed by atoms with Crippen molar-refractivity contribution in [2.75, 3.05) is 11.9 Å². The molecule has 0 saturated heterocycles. The zero-order chi connectivity index (χ0) is 18.9. The molecule has 1 N–H and O–H groups in total. The van der Waals surface area contributed by atoms with Crippen LogP contribution in [0, 0.1) is 0 Å². The van der Waals surface area contributed by atoms with E-state index in [-0.39, 0.29) is 5.91 Å². The Morgan fingerprint density at radius 2 is 1.70 bits per heavy atom. The van der Waals surface area contributed by atoms with E-state index < -0.39 is 0 Å². The first-order valence-electron chi connectivity index (χ1n) is 8.67. The van der Waals surface area contributed by atoms with E-state index in [9.17, 15) is 4.79 Å². The van der Waals surface area contributed by atoms with Gasteiger partial charge in [0.25, 0.3) is 5.91 Å². The average molecular weight is 359 g/mol. The Labute approximate surface area is 159 Å². The number of carbonyl (C=O) groups is 1. The van der Waals surface area contributed by atoms with Crippen LogP contribution in [0.4, 0.5) is 5.69 Å². The van der Waals surface area contributed by atoms with Crippen molar-refractivity contribution in [1.82, 2.24) is 0 Å². The molecule has 0 aliphatic heterocycles. The van der Waals surface area contributed by atoms with E-state index in [0.717, 1.165) is 5.56 Å².